The summed E-state index contributed by atoms with van der Waals surface area (Å²) in [5, 5.41) is 9.33. The highest BCUT2D eigenvalue weighted by molar-refractivity contribution is 6.30. The van der Waals surface area contributed by atoms with Crippen molar-refractivity contribution >= 4 is 28.5 Å². The SMILES string of the molecule is Cc1cc(C(=O)N2CCNCC2c2cccc(Cl)c2)c2cnn(C(C)C)c2n1. The highest BCUT2D eigenvalue weighted by Gasteiger charge is 2.30. The smallest absolute Gasteiger partial charge is 0.255 e. The van der Waals surface area contributed by atoms with E-state index in [0.717, 1.165) is 28.8 Å². The van der Waals surface area contributed by atoms with Crippen molar-refractivity contribution < 1.29 is 4.79 Å². The zero-order chi connectivity index (χ0) is 19.8. The Hall–Kier alpha value is -2.44. The van der Waals surface area contributed by atoms with E-state index in [2.05, 4.69) is 29.2 Å². The molecule has 1 amide bonds. The average Bonchev–Trinajstić information content (AvgIpc) is 3.11. The summed E-state index contributed by atoms with van der Waals surface area (Å²) < 4.78 is 1.87. The van der Waals surface area contributed by atoms with Crippen LogP contribution in [-0.4, -0.2) is 45.2 Å². The number of benzene rings is 1. The van der Waals surface area contributed by atoms with Gasteiger partial charge in [0.15, 0.2) is 5.65 Å². The fourth-order valence-electron chi connectivity index (χ4n) is 3.81. The first kappa shape index (κ1) is 18.9. The number of aryl methyl sites for hydroxylation is 1. The van der Waals surface area contributed by atoms with E-state index >= 15 is 0 Å². The van der Waals surface area contributed by atoms with E-state index in [1.807, 2.05) is 46.8 Å². The summed E-state index contributed by atoms with van der Waals surface area (Å²) in [6.45, 7) is 8.13. The fourth-order valence-corrected chi connectivity index (χ4v) is 4.01. The predicted molar refractivity (Wildman–Crippen MR) is 111 cm³/mol. The van der Waals surface area contributed by atoms with E-state index in [0.29, 0.717) is 23.7 Å². The molecule has 0 bridgehead atoms. The Kier molecular flexibility index (Phi) is 5.08. The largest absolute Gasteiger partial charge is 0.329 e. The second-order valence-corrected chi connectivity index (χ2v) is 7.94. The number of carbonyl (C=O) groups excluding carboxylic acids is 1. The van der Waals surface area contributed by atoms with Crippen molar-refractivity contribution in [3.63, 3.8) is 0 Å². The first-order chi connectivity index (χ1) is 13.5. The second-order valence-electron chi connectivity index (χ2n) is 7.50. The third-order valence-electron chi connectivity index (χ3n) is 5.15. The van der Waals surface area contributed by atoms with Gasteiger partial charge >= 0.3 is 0 Å². The molecule has 0 saturated carbocycles. The maximum absolute atomic E-state index is 13.6. The standard InChI is InChI=1S/C21H24ClN5O/c1-13(2)27-20-18(11-24-27)17(9-14(3)25-20)21(28)26-8-7-23-12-19(26)15-5-4-6-16(22)10-15/h4-6,9-11,13,19,23H,7-8,12H2,1-3H3. The molecule has 1 fully saturated rings. The molecule has 1 N–H and O–H groups in total. The van der Waals surface area contributed by atoms with Crippen molar-refractivity contribution in [3.8, 4) is 0 Å². The number of hydrogen-bond acceptors (Lipinski definition) is 4. The van der Waals surface area contributed by atoms with Gasteiger partial charge in [-0.2, -0.15) is 5.10 Å². The first-order valence-corrected chi connectivity index (χ1v) is 9.95. The number of nitrogens with one attached hydrogen (secondary N) is 1. The monoisotopic (exact) mass is 397 g/mol. The van der Waals surface area contributed by atoms with Crippen molar-refractivity contribution in [3.05, 3.63) is 58.4 Å². The van der Waals surface area contributed by atoms with Gasteiger partial charge in [-0.05, 0) is 44.5 Å². The Balaban J connectivity index is 1.77. The molecule has 1 atom stereocenters. The number of halogens is 1. The number of rotatable bonds is 3. The topological polar surface area (TPSA) is 63.1 Å². The van der Waals surface area contributed by atoms with Gasteiger partial charge in [0.05, 0.1) is 23.2 Å². The van der Waals surface area contributed by atoms with Crippen molar-refractivity contribution in [2.45, 2.75) is 32.9 Å². The number of hydrogen-bond donors (Lipinski definition) is 1. The molecule has 1 aliphatic heterocycles. The Morgan fingerprint density at radius 2 is 2.14 bits per heavy atom. The van der Waals surface area contributed by atoms with Gasteiger partial charge in [0.2, 0.25) is 0 Å². The van der Waals surface area contributed by atoms with Crippen LogP contribution >= 0.6 is 11.6 Å². The van der Waals surface area contributed by atoms with E-state index in [9.17, 15) is 4.79 Å². The molecule has 1 aliphatic rings. The third-order valence-corrected chi connectivity index (χ3v) is 5.39. The van der Waals surface area contributed by atoms with Gasteiger partial charge in [0.1, 0.15) is 0 Å². The number of aromatic nitrogens is 3. The normalized spacial score (nSPS) is 17.5. The van der Waals surface area contributed by atoms with Crippen LogP contribution in [0.1, 0.15) is 47.5 Å². The zero-order valence-corrected chi connectivity index (χ0v) is 17.1. The molecule has 7 heteroatoms. The van der Waals surface area contributed by atoms with Crippen molar-refractivity contribution in [2.24, 2.45) is 0 Å². The summed E-state index contributed by atoms with van der Waals surface area (Å²) in [7, 11) is 0. The summed E-state index contributed by atoms with van der Waals surface area (Å²) >= 11 is 6.20. The molecule has 3 aromatic rings. The van der Waals surface area contributed by atoms with Crippen LogP contribution in [0.25, 0.3) is 11.0 Å². The minimum atomic E-state index is -0.0661. The minimum absolute atomic E-state index is 0.00489. The van der Waals surface area contributed by atoms with E-state index in [-0.39, 0.29) is 18.0 Å². The molecule has 1 saturated heterocycles. The highest BCUT2D eigenvalue weighted by atomic mass is 35.5. The Labute approximate surface area is 169 Å². The lowest BCUT2D eigenvalue weighted by Crippen LogP contribution is -2.48. The number of carbonyl (C=O) groups is 1. The van der Waals surface area contributed by atoms with Crippen molar-refractivity contribution in [1.82, 2.24) is 25.0 Å². The molecular weight excluding hydrogens is 374 g/mol. The number of amides is 1. The van der Waals surface area contributed by atoms with Crippen molar-refractivity contribution in [1.29, 1.82) is 0 Å². The second kappa shape index (κ2) is 7.53. The van der Waals surface area contributed by atoms with E-state index in [1.54, 1.807) is 6.20 Å². The molecule has 146 valence electrons. The van der Waals surface area contributed by atoms with Crippen LogP contribution in [0.2, 0.25) is 5.02 Å². The van der Waals surface area contributed by atoms with E-state index < -0.39 is 0 Å². The maximum atomic E-state index is 13.6. The van der Waals surface area contributed by atoms with Gasteiger partial charge < -0.3 is 10.2 Å². The van der Waals surface area contributed by atoms with Gasteiger partial charge in [0, 0.05) is 36.4 Å². The number of pyridine rings is 1. The molecule has 1 aromatic carbocycles. The Bertz CT molecular complexity index is 1030. The molecule has 4 rings (SSSR count). The number of nitrogens with zero attached hydrogens (tertiary/aromatic N) is 4. The van der Waals surface area contributed by atoms with Gasteiger partial charge in [-0.3, -0.25) is 4.79 Å². The molecule has 1 unspecified atom stereocenters. The lowest BCUT2D eigenvalue weighted by molar-refractivity contribution is 0.0636. The molecule has 28 heavy (non-hydrogen) atoms. The molecular formula is C21H24ClN5O. The highest BCUT2D eigenvalue weighted by Crippen LogP contribution is 2.29. The van der Waals surface area contributed by atoms with E-state index in [1.165, 1.54) is 0 Å². The summed E-state index contributed by atoms with van der Waals surface area (Å²) in [5.74, 6) is 0.00489. The van der Waals surface area contributed by atoms with Crippen LogP contribution in [0.4, 0.5) is 0 Å². The number of piperazine rings is 1. The lowest BCUT2D eigenvalue weighted by atomic mass is 10.0. The van der Waals surface area contributed by atoms with Gasteiger partial charge in [-0.1, -0.05) is 23.7 Å². The summed E-state index contributed by atoms with van der Waals surface area (Å²) in [6, 6.07) is 9.71. The average molecular weight is 398 g/mol. The fraction of sp³-hybridized carbons (Fsp3) is 0.381. The van der Waals surface area contributed by atoms with Crippen LogP contribution in [-0.2, 0) is 0 Å². The Morgan fingerprint density at radius 1 is 1.32 bits per heavy atom. The maximum Gasteiger partial charge on any atom is 0.255 e. The molecule has 0 spiro atoms. The van der Waals surface area contributed by atoms with E-state index in [4.69, 9.17) is 11.6 Å². The first-order valence-electron chi connectivity index (χ1n) is 9.57. The third kappa shape index (κ3) is 3.38. The van der Waals surface area contributed by atoms with Crippen LogP contribution in [0.5, 0.6) is 0 Å². The van der Waals surface area contributed by atoms with Crippen LogP contribution < -0.4 is 5.32 Å². The predicted octanol–water partition coefficient (Wildman–Crippen LogP) is 3.76. The zero-order valence-electron chi connectivity index (χ0n) is 16.3. The van der Waals surface area contributed by atoms with Crippen LogP contribution in [0, 0.1) is 6.92 Å². The summed E-state index contributed by atoms with van der Waals surface area (Å²) in [4.78, 5) is 20.2. The summed E-state index contributed by atoms with van der Waals surface area (Å²) in [6.07, 6.45) is 1.76. The lowest BCUT2D eigenvalue weighted by Gasteiger charge is -2.37. The molecule has 0 aliphatic carbocycles. The number of fused-ring (bicyclic) bond motifs is 1. The summed E-state index contributed by atoms with van der Waals surface area (Å²) in [5.41, 5.74) is 3.26. The molecule has 0 radical (unpaired) electrons. The minimum Gasteiger partial charge on any atom is -0.329 e. The van der Waals surface area contributed by atoms with Crippen molar-refractivity contribution in [2.75, 3.05) is 19.6 Å². The van der Waals surface area contributed by atoms with Crippen LogP contribution in [0.3, 0.4) is 0 Å². The molecule has 2 aromatic heterocycles. The van der Waals surface area contributed by atoms with Crippen LogP contribution in [0.15, 0.2) is 36.5 Å². The van der Waals surface area contributed by atoms with Gasteiger partial charge in [-0.25, -0.2) is 9.67 Å². The van der Waals surface area contributed by atoms with Gasteiger partial charge in [-0.15, -0.1) is 0 Å². The molecule has 6 nitrogen and oxygen atoms in total. The molecule has 3 heterocycles. The Morgan fingerprint density at radius 3 is 2.89 bits per heavy atom. The quantitative estimate of drug-likeness (QED) is 0.730. The van der Waals surface area contributed by atoms with Gasteiger partial charge in [0.25, 0.3) is 5.91 Å².